The molecule has 1 aliphatic heterocycles. The molecule has 1 amide bonds. The zero-order valence-electron chi connectivity index (χ0n) is 17.8. The van der Waals surface area contributed by atoms with Crippen LogP contribution < -0.4 is 4.90 Å². The number of carbonyl (C=O) groups is 1. The molecule has 0 bridgehead atoms. The molecule has 0 unspecified atom stereocenters. The topological polar surface area (TPSA) is 45.7 Å². The summed E-state index contributed by atoms with van der Waals surface area (Å²) >= 11 is 1.61. The second-order valence-corrected chi connectivity index (χ2v) is 8.76. The lowest BCUT2D eigenvalue weighted by molar-refractivity contribution is 0.0376. The first kappa shape index (κ1) is 21.0. The highest BCUT2D eigenvalue weighted by molar-refractivity contribution is 7.22. The van der Waals surface area contributed by atoms with Gasteiger partial charge < -0.3 is 4.74 Å². The summed E-state index contributed by atoms with van der Waals surface area (Å²) in [4.78, 5) is 22.7. The number of thiazole rings is 1. The number of aryl methyl sites for hydroxylation is 2. The summed E-state index contributed by atoms with van der Waals surface area (Å²) in [5, 5.41) is 0.791. The molecule has 2 heterocycles. The molecule has 0 saturated carbocycles. The monoisotopic (exact) mass is 423 g/mol. The van der Waals surface area contributed by atoms with Gasteiger partial charge in [-0.25, -0.2) is 4.98 Å². The van der Waals surface area contributed by atoms with Gasteiger partial charge >= 0.3 is 0 Å². The van der Waals surface area contributed by atoms with Crippen LogP contribution in [0, 0.1) is 6.92 Å². The molecular formula is C24H29N3O2S. The van der Waals surface area contributed by atoms with E-state index in [9.17, 15) is 4.79 Å². The van der Waals surface area contributed by atoms with Crippen molar-refractivity contribution in [3.63, 3.8) is 0 Å². The Bertz CT molecular complexity index is 1010. The minimum Gasteiger partial charge on any atom is -0.379 e. The number of anilines is 1. The molecule has 3 aromatic rings. The highest BCUT2D eigenvalue weighted by Gasteiger charge is 2.22. The van der Waals surface area contributed by atoms with E-state index in [1.54, 1.807) is 11.3 Å². The van der Waals surface area contributed by atoms with Crippen LogP contribution in [0.5, 0.6) is 0 Å². The zero-order valence-corrected chi connectivity index (χ0v) is 18.6. The van der Waals surface area contributed by atoms with Crippen molar-refractivity contribution in [1.82, 2.24) is 9.88 Å². The maximum Gasteiger partial charge on any atom is 0.260 e. The van der Waals surface area contributed by atoms with E-state index in [1.807, 2.05) is 36.1 Å². The molecule has 158 valence electrons. The summed E-state index contributed by atoms with van der Waals surface area (Å²) < 4.78 is 6.58. The van der Waals surface area contributed by atoms with Crippen LogP contribution in [0.2, 0.25) is 0 Å². The van der Waals surface area contributed by atoms with E-state index in [2.05, 4.69) is 30.0 Å². The molecule has 1 saturated heterocycles. The van der Waals surface area contributed by atoms with Crippen LogP contribution in [0.3, 0.4) is 0 Å². The van der Waals surface area contributed by atoms with Crippen LogP contribution in [-0.2, 0) is 11.2 Å². The third kappa shape index (κ3) is 4.72. The Kier molecular flexibility index (Phi) is 6.77. The number of hydrogen-bond acceptors (Lipinski definition) is 5. The summed E-state index contributed by atoms with van der Waals surface area (Å²) in [6, 6.07) is 14.1. The molecule has 2 aromatic carbocycles. The van der Waals surface area contributed by atoms with Crippen LogP contribution >= 0.6 is 11.3 Å². The Labute approximate surface area is 182 Å². The normalized spacial score (nSPS) is 14.9. The molecule has 4 rings (SSSR count). The Morgan fingerprint density at radius 2 is 2.00 bits per heavy atom. The maximum atomic E-state index is 13.5. The number of fused-ring (bicyclic) bond motifs is 1. The minimum atomic E-state index is 0.0257. The van der Waals surface area contributed by atoms with Crippen molar-refractivity contribution in [3.8, 4) is 0 Å². The number of carbonyl (C=O) groups excluding carboxylic acids is 1. The van der Waals surface area contributed by atoms with Crippen LogP contribution in [0.15, 0.2) is 42.5 Å². The van der Waals surface area contributed by atoms with E-state index in [0.717, 1.165) is 72.2 Å². The molecule has 0 spiro atoms. The predicted molar refractivity (Wildman–Crippen MR) is 124 cm³/mol. The number of amides is 1. The van der Waals surface area contributed by atoms with Crippen LogP contribution in [0.4, 0.5) is 5.13 Å². The largest absolute Gasteiger partial charge is 0.379 e. The average molecular weight is 424 g/mol. The fourth-order valence-electron chi connectivity index (χ4n) is 3.89. The molecular weight excluding hydrogens is 394 g/mol. The first-order valence-corrected chi connectivity index (χ1v) is 11.5. The zero-order chi connectivity index (χ0) is 20.9. The number of para-hydroxylation sites is 1. The van der Waals surface area contributed by atoms with Gasteiger partial charge in [-0.1, -0.05) is 48.1 Å². The molecule has 0 atom stereocenters. The quantitative estimate of drug-likeness (QED) is 0.560. The third-order valence-electron chi connectivity index (χ3n) is 5.57. The molecule has 1 fully saturated rings. The SMILES string of the molecule is CCc1cccc2sc(N(CCCN3CCOCC3)C(=O)c3cccc(C)c3)nc12. The van der Waals surface area contributed by atoms with E-state index in [-0.39, 0.29) is 5.91 Å². The van der Waals surface area contributed by atoms with E-state index >= 15 is 0 Å². The number of benzene rings is 2. The Morgan fingerprint density at radius 3 is 2.77 bits per heavy atom. The Balaban J connectivity index is 1.60. The second-order valence-electron chi connectivity index (χ2n) is 7.75. The Hall–Kier alpha value is -2.28. The van der Waals surface area contributed by atoms with Crippen molar-refractivity contribution in [2.24, 2.45) is 0 Å². The number of ether oxygens (including phenoxy) is 1. The molecule has 0 radical (unpaired) electrons. The van der Waals surface area contributed by atoms with Crippen molar-refractivity contribution in [2.45, 2.75) is 26.7 Å². The first-order chi connectivity index (χ1) is 14.7. The second kappa shape index (κ2) is 9.69. The van der Waals surface area contributed by atoms with Crippen molar-refractivity contribution in [2.75, 3.05) is 44.3 Å². The smallest absolute Gasteiger partial charge is 0.260 e. The van der Waals surface area contributed by atoms with E-state index < -0.39 is 0 Å². The number of hydrogen-bond donors (Lipinski definition) is 0. The minimum absolute atomic E-state index is 0.0257. The van der Waals surface area contributed by atoms with Crippen molar-refractivity contribution in [3.05, 3.63) is 59.2 Å². The molecule has 5 nitrogen and oxygen atoms in total. The summed E-state index contributed by atoms with van der Waals surface area (Å²) in [7, 11) is 0. The van der Waals surface area contributed by atoms with Gasteiger partial charge in [0.25, 0.3) is 5.91 Å². The lowest BCUT2D eigenvalue weighted by Gasteiger charge is -2.27. The third-order valence-corrected chi connectivity index (χ3v) is 6.62. The van der Waals surface area contributed by atoms with Gasteiger partial charge in [-0.05, 0) is 43.5 Å². The van der Waals surface area contributed by atoms with Gasteiger partial charge in [-0.3, -0.25) is 14.6 Å². The molecule has 1 aliphatic rings. The Morgan fingerprint density at radius 1 is 1.20 bits per heavy atom. The van der Waals surface area contributed by atoms with Gasteiger partial charge in [0, 0.05) is 31.7 Å². The highest BCUT2D eigenvalue weighted by Crippen LogP contribution is 2.32. The molecule has 0 N–H and O–H groups in total. The molecule has 1 aromatic heterocycles. The van der Waals surface area contributed by atoms with Crippen molar-refractivity contribution >= 4 is 32.6 Å². The number of aromatic nitrogens is 1. The summed E-state index contributed by atoms with van der Waals surface area (Å²) in [6.07, 6.45) is 1.84. The standard InChI is InChI=1S/C24H29N3O2S/c1-3-19-8-5-10-21-22(19)25-24(30-21)27(12-6-11-26-13-15-29-16-14-26)23(28)20-9-4-7-18(2)17-20/h4-5,7-10,17H,3,6,11-16H2,1-2H3. The maximum absolute atomic E-state index is 13.5. The molecule has 30 heavy (non-hydrogen) atoms. The lowest BCUT2D eigenvalue weighted by Crippen LogP contribution is -2.39. The van der Waals surface area contributed by atoms with Gasteiger partial charge in [0.1, 0.15) is 0 Å². The van der Waals surface area contributed by atoms with Crippen molar-refractivity contribution in [1.29, 1.82) is 0 Å². The van der Waals surface area contributed by atoms with E-state index in [1.165, 1.54) is 5.56 Å². The first-order valence-electron chi connectivity index (χ1n) is 10.7. The van der Waals surface area contributed by atoms with Gasteiger partial charge in [0.2, 0.25) is 0 Å². The van der Waals surface area contributed by atoms with Gasteiger partial charge in [0.05, 0.1) is 23.4 Å². The lowest BCUT2D eigenvalue weighted by atomic mass is 10.1. The van der Waals surface area contributed by atoms with Gasteiger partial charge in [-0.2, -0.15) is 0 Å². The summed E-state index contributed by atoms with van der Waals surface area (Å²) in [5.74, 6) is 0.0257. The average Bonchev–Trinajstić information content (AvgIpc) is 3.21. The summed E-state index contributed by atoms with van der Waals surface area (Å²) in [5.41, 5.74) is 4.06. The van der Waals surface area contributed by atoms with Crippen LogP contribution in [0.1, 0.15) is 34.8 Å². The van der Waals surface area contributed by atoms with Crippen LogP contribution in [-0.4, -0.2) is 55.2 Å². The van der Waals surface area contributed by atoms with E-state index in [0.29, 0.717) is 6.54 Å². The number of morpholine rings is 1. The number of nitrogens with zero attached hydrogens (tertiary/aromatic N) is 3. The van der Waals surface area contributed by atoms with Crippen molar-refractivity contribution < 1.29 is 9.53 Å². The predicted octanol–water partition coefficient (Wildman–Crippen LogP) is 4.54. The molecule has 6 heteroatoms. The fraction of sp³-hybridized carbons (Fsp3) is 0.417. The van der Waals surface area contributed by atoms with Gasteiger partial charge in [0.15, 0.2) is 5.13 Å². The fourth-order valence-corrected chi connectivity index (χ4v) is 4.93. The highest BCUT2D eigenvalue weighted by atomic mass is 32.1. The van der Waals surface area contributed by atoms with Crippen LogP contribution in [0.25, 0.3) is 10.2 Å². The summed E-state index contributed by atoms with van der Waals surface area (Å²) in [6.45, 7) is 9.31. The number of rotatable bonds is 7. The van der Waals surface area contributed by atoms with E-state index in [4.69, 9.17) is 9.72 Å². The van der Waals surface area contributed by atoms with Gasteiger partial charge in [-0.15, -0.1) is 0 Å². The molecule has 0 aliphatic carbocycles.